The SMILES string of the molecule is Cc1cc(C(C)N)c2nc(C3(C)CCC3)n(C)c(=O)c2c1. The summed E-state index contributed by atoms with van der Waals surface area (Å²) in [5, 5.41) is 0.677. The summed E-state index contributed by atoms with van der Waals surface area (Å²) in [7, 11) is 1.83. The van der Waals surface area contributed by atoms with E-state index in [-0.39, 0.29) is 17.0 Å². The molecule has 1 aromatic carbocycles. The summed E-state index contributed by atoms with van der Waals surface area (Å²) in [5.41, 5.74) is 8.96. The van der Waals surface area contributed by atoms with E-state index in [2.05, 4.69) is 6.92 Å². The maximum absolute atomic E-state index is 12.7. The van der Waals surface area contributed by atoms with Gasteiger partial charge in [0.25, 0.3) is 5.56 Å². The molecule has 4 nitrogen and oxygen atoms in total. The van der Waals surface area contributed by atoms with Gasteiger partial charge in [-0.15, -0.1) is 0 Å². The van der Waals surface area contributed by atoms with Crippen LogP contribution in [-0.4, -0.2) is 9.55 Å². The molecule has 0 amide bonds. The van der Waals surface area contributed by atoms with Crippen LogP contribution in [0.4, 0.5) is 0 Å². The normalized spacial score (nSPS) is 18.5. The van der Waals surface area contributed by atoms with Gasteiger partial charge < -0.3 is 5.73 Å². The molecule has 0 spiro atoms. The van der Waals surface area contributed by atoms with E-state index < -0.39 is 0 Å². The van der Waals surface area contributed by atoms with E-state index in [0.29, 0.717) is 5.39 Å². The fraction of sp³-hybridized carbons (Fsp3) is 0.529. The van der Waals surface area contributed by atoms with Crippen LogP contribution in [0, 0.1) is 6.92 Å². The smallest absolute Gasteiger partial charge is 0.261 e. The van der Waals surface area contributed by atoms with Gasteiger partial charge in [0, 0.05) is 18.5 Å². The molecular formula is C17H23N3O. The minimum atomic E-state index is -0.131. The van der Waals surface area contributed by atoms with Crippen LogP contribution >= 0.6 is 0 Å². The molecule has 1 aromatic heterocycles. The number of nitrogens with zero attached hydrogens (tertiary/aromatic N) is 2. The molecule has 1 aliphatic rings. The van der Waals surface area contributed by atoms with Gasteiger partial charge in [-0.1, -0.05) is 19.4 Å². The molecule has 1 heterocycles. The highest BCUT2D eigenvalue weighted by Gasteiger charge is 2.37. The van der Waals surface area contributed by atoms with Crippen LogP contribution < -0.4 is 11.3 Å². The largest absolute Gasteiger partial charge is 0.324 e. The first kappa shape index (κ1) is 14.3. The quantitative estimate of drug-likeness (QED) is 0.923. The van der Waals surface area contributed by atoms with Crippen LogP contribution in [0.5, 0.6) is 0 Å². The lowest BCUT2D eigenvalue weighted by Gasteiger charge is -2.38. The molecule has 1 atom stereocenters. The second kappa shape index (κ2) is 4.67. The van der Waals surface area contributed by atoms with Crippen molar-refractivity contribution in [1.29, 1.82) is 0 Å². The fourth-order valence-electron chi connectivity index (χ4n) is 3.37. The average Bonchev–Trinajstić information content (AvgIpc) is 2.39. The van der Waals surface area contributed by atoms with Crippen molar-refractivity contribution in [3.05, 3.63) is 39.4 Å². The van der Waals surface area contributed by atoms with E-state index >= 15 is 0 Å². The Morgan fingerprint density at radius 1 is 1.38 bits per heavy atom. The predicted octanol–water partition coefficient (Wildman–Crippen LogP) is 2.70. The number of aromatic nitrogens is 2. The number of fused-ring (bicyclic) bond motifs is 1. The zero-order valence-electron chi connectivity index (χ0n) is 13.2. The van der Waals surface area contributed by atoms with Crippen molar-refractivity contribution in [3.8, 4) is 0 Å². The van der Waals surface area contributed by atoms with Gasteiger partial charge in [0.15, 0.2) is 0 Å². The third-order valence-corrected chi connectivity index (χ3v) is 4.84. The molecule has 1 saturated carbocycles. The molecule has 0 aliphatic heterocycles. The highest BCUT2D eigenvalue weighted by Crippen LogP contribution is 2.42. The second-order valence-corrected chi connectivity index (χ2v) is 6.75. The van der Waals surface area contributed by atoms with E-state index in [0.717, 1.165) is 35.3 Å². The average molecular weight is 285 g/mol. The molecule has 1 aliphatic carbocycles. The number of hydrogen-bond donors (Lipinski definition) is 1. The standard InChI is InChI=1S/C17H23N3O/c1-10-8-12(11(2)18)14-13(9-10)15(21)20(4)16(19-14)17(3)6-5-7-17/h8-9,11H,5-7,18H2,1-4H3. The van der Waals surface area contributed by atoms with E-state index in [1.807, 2.05) is 33.0 Å². The highest BCUT2D eigenvalue weighted by molar-refractivity contribution is 5.82. The van der Waals surface area contributed by atoms with Crippen LogP contribution in [-0.2, 0) is 12.5 Å². The number of aryl methyl sites for hydroxylation is 1. The molecule has 1 unspecified atom stereocenters. The van der Waals surface area contributed by atoms with Crippen LogP contribution in [0.15, 0.2) is 16.9 Å². The van der Waals surface area contributed by atoms with Gasteiger partial charge in [0.1, 0.15) is 5.82 Å². The Kier molecular flexibility index (Phi) is 3.17. The Balaban J connectivity index is 2.39. The van der Waals surface area contributed by atoms with Gasteiger partial charge in [0.05, 0.1) is 10.9 Å². The first-order valence-electron chi connectivity index (χ1n) is 7.61. The van der Waals surface area contributed by atoms with Crippen molar-refractivity contribution in [1.82, 2.24) is 9.55 Å². The van der Waals surface area contributed by atoms with Crippen molar-refractivity contribution in [3.63, 3.8) is 0 Å². The molecule has 1 fully saturated rings. The maximum atomic E-state index is 12.7. The van der Waals surface area contributed by atoms with Crippen molar-refractivity contribution in [2.24, 2.45) is 12.8 Å². The molecular weight excluding hydrogens is 262 g/mol. The van der Waals surface area contributed by atoms with Crippen LogP contribution in [0.3, 0.4) is 0 Å². The number of benzene rings is 1. The minimum Gasteiger partial charge on any atom is -0.324 e. The summed E-state index contributed by atoms with van der Waals surface area (Å²) in [5.74, 6) is 0.900. The number of nitrogens with two attached hydrogens (primary N) is 1. The van der Waals surface area contributed by atoms with Gasteiger partial charge in [-0.05, 0) is 43.9 Å². The van der Waals surface area contributed by atoms with Gasteiger partial charge in [-0.25, -0.2) is 4.98 Å². The molecule has 3 rings (SSSR count). The number of rotatable bonds is 2. The summed E-state index contributed by atoms with van der Waals surface area (Å²) >= 11 is 0. The van der Waals surface area contributed by atoms with E-state index in [9.17, 15) is 4.79 Å². The van der Waals surface area contributed by atoms with Crippen LogP contribution in [0.25, 0.3) is 10.9 Å². The molecule has 0 saturated heterocycles. The van der Waals surface area contributed by atoms with Gasteiger partial charge in [0.2, 0.25) is 0 Å². The highest BCUT2D eigenvalue weighted by atomic mass is 16.1. The Morgan fingerprint density at radius 3 is 2.57 bits per heavy atom. The molecule has 112 valence electrons. The van der Waals surface area contributed by atoms with Crippen molar-refractivity contribution in [2.45, 2.75) is 51.5 Å². The molecule has 2 N–H and O–H groups in total. The lowest BCUT2D eigenvalue weighted by atomic mass is 9.69. The third kappa shape index (κ3) is 2.09. The Labute approximate surface area is 125 Å². The topological polar surface area (TPSA) is 60.9 Å². The lowest BCUT2D eigenvalue weighted by Crippen LogP contribution is -2.38. The van der Waals surface area contributed by atoms with E-state index in [1.165, 1.54) is 6.42 Å². The maximum Gasteiger partial charge on any atom is 0.261 e. The first-order chi connectivity index (χ1) is 9.83. The van der Waals surface area contributed by atoms with Crippen molar-refractivity contribution < 1.29 is 0 Å². The Hall–Kier alpha value is -1.68. The summed E-state index contributed by atoms with van der Waals surface area (Å²) in [4.78, 5) is 17.6. The van der Waals surface area contributed by atoms with Gasteiger partial charge >= 0.3 is 0 Å². The first-order valence-corrected chi connectivity index (χ1v) is 7.61. The van der Waals surface area contributed by atoms with Gasteiger partial charge in [-0.2, -0.15) is 0 Å². The van der Waals surface area contributed by atoms with E-state index in [4.69, 9.17) is 10.7 Å². The second-order valence-electron chi connectivity index (χ2n) is 6.75. The van der Waals surface area contributed by atoms with Crippen LogP contribution in [0.2, 0.25) is 0 Å². The molecule has 21 heavy (non-hydrogen) atoms. The van der Waals surface area contributed by atoms with Gasteiger partial charge in [-0.3, -0.25) is 9.36 Å². The van der Waals surface area contributed by atoms with Crippen LogP contribution in [0.1, 0.15) is 56.1 Å². The monoisotopic (exact) mass is 285 g/mol. The lowest BCUT2D eigenvalue weighted by molar-refractivity contribution is 0.247. The minimum absolute atomic E-state index is 0.0299. The fourth-order valence-corrected chi connectivity index (χ4v) is 3.37. The summed E-state index contributed by atoms with van der Waals surface area (Å²) in [6.07, 6.45) is 3.40. The van der Waals surface area contributed by atoms with Crippen molar-refractivity contribution in [2.75, 3.05) is 0 Å². The molecule has 0 bridgehead atoms. The van der Waals surface area contributed by atoms with E-state index in [1.54, 1.807) is 4.57 Å². The Bertz CT molecular complexity index is 770. The zero-order valence-corrected chi connectivity index (χ0v) is 13.2. The summed E-state index contributed by atoms with van der Waals surface area (Å²) in [6.45, 7) is 6.13. The van der Waals surface area contributed by atoms with Crippen molar-refractivity contribution >= 4 is 10.9 Å². The summed E-state index contributed by atoms with van der Waals surface area (Å²) in [6, 6.07) is 3.84. The Morgan fingerprint density at radius 2 is 2.05 bits per heavy atom. The predicted molar refractivity (Wildman–Crippen MR) is 85.5 cm³/mol. The molecule has 0 radical (unpaired) electrons. The summed E-state index contributed by atoms with van der Waals surface area (Å²) < 4.78 is 1.73. The zero-order chi connectivity index (χ0) is 15.4. The molecule has 4 heteroatoms. The number of hydrogen-bond acceptors (Lipinski definition) is 3. The molecule has 2 aromatic rings. The third-order valence-electron chi connectivity index (χ3n) is 4.84.